The second-order valence-corrected chi connectivity index (χ2v) is 3.46. The lowest BCUT2D eigenvalue weighted by molar-refractivity contribution is -0.137. The van der Waals surface area contributed by atoms with Crippen molar-refractivity contribution in [2.45, 2.75) is 12.6 Å². The highest BCUT2D eigenvalue weighted by molar-refractivity contribution is 5.23. The lowest BCUT2D eigenvalue weighted by Gasteiger charge is -1.99. The molecule has 2 rings (SSSR count). The molecule has 1 aromatic heterocycles. The van der Waals surface area contributed by atoms with Crippen LogP contribution in [0.25, 0.3) is 0 Å². The number of alkyl halides is 3. The smallest absolute Gasteiger partial charge is 0.419 e. The summed E-state index contributed by atoms with van der Waals surface area (Å²) in [7, 11) is 0. The normalized spacial score (nSPS) is 11.7. The summed E-state index contributed by atoms with van der Waals surface area (Å²) < 4.78 is 41.7. The average molecular weight is 226 g/mol. The molecule has 0 saturated heterocycles. The van der Waals surface area contributed by atoms with Crippen LogP contribution in [0.5, 0.6) is 0 Å². The van der Waals surface area contributed by atoms with Crippen molar-refractivity contribution in [3.63, 3.8) is 0 Å². The second-order valence-electron chi connectivity index (χ2n) is 3.46. The van der Waals surface area contributed by atoms with E-state index in [1.54, 1.807) is 0 Å². The van der Waals surface area contributed by atoms with Crippen molar-refractivity contribution in [2.75, 3.05) is 0 Å². The molecule has 0 atom stereocenters. The van der Waals surface area contributed by atoms with Crippen LogP contribution in [0.2, 0.25) is 0 Å². The van der Waals surface area contributed by atoms with Gasteiger partial charge in [0.15, 0.2) is 0 Å². The van der Waals surface area contributed by atoms with Crippen LogP contribution in [0.4, 0.5) is 13.2 Å². The van der Waals surface area contributed by atoms with E-state index in [0.717, 1.165) is 17.9 Å². The van der Waals surface area contributed by atoms with E-state index >= 15 is 0 Å². The molecule has 0 N–H and O–H groups in total. The highest BCUT2D eigenvalue weighted by Gasteiger charge is 2.32. The highest BCUT2D eigenvalue weighted by Crippen LogP contribution is 2.31. The minimum absolute atomic E-state index is 0.318. The Hall–Kier alpha value is -1.71. The Morgan fingerprint density at radius 1 is 1.06 bits per heavy atom. The zero-order valence-electron chi connectivity index (χ0n) is 8.29. The van der Waals surface area contributed by atoms with Crippen molar-refractivity contribution in [1.29, 1.82) is 0 Å². The molecule has 0 aliphatic carbocycles. The minimum atomic E-state index is -4.33. The topological polar surface area (TPSA) is 13.1 Å². The molecule has 0 bridgehead atoms. The van der Waals surface area contributed by atoms with Gasteiger partial charge in [-0.05, 0) is 11.6 Å². The number of benzene rings is 1. The largest absolute Gasteiger partial charge is 0.468 e. The summed E-state index contributed by atoms with van der Waals surface area (Å²) in [6.45, 7) is 0. The van der Waals surface area contributed by atoms with Gasteiger partial charge in [0.25, 0.3) is 0 Å². The third-order valence-corrected chi connectivity index (χ3v) is 2.20. The monoisotopic (exact) mass is 226 g/mol. The van der Waals surface area contributed by atoms with Crippen LogP contribution in [-0.2, 0) is 12.6 Å². The first-order chi connectivity index (χ1) is 7.55. The SMILES string of the molecule is FC(F)(F)c1coc(Cc2ccccc2)c1. The molecule has 0 aliphatic heterocycles. The molecule has 4 heteroatoms. The molecule has 84 valence electrons. The van der Waals surface area contributed by atoms with E-state index in [-0.39, 0.29) is 0 Å². The zero-order valence-corrected chi connectivity index (χ0v) is 8.29. The van der Waals surface area contributed by atoms with Gasteiger partial charge in [0.1, 0.15) is 12.0 Å². The van der Waals surface area contributed by atoms with E-state index in [9.17, 15) is 13.2 Å². The summed E-state index contributed by atoms with van der Waals surface area (Å²) >= 11 is 0. The molecule has 0 spiro atoms. The van der Waals surface area contributed by atoms with Gasteiger partial charge in [0.2, 0.25) is 0 Å². The van der Waals surface area contributed by atoms with Crippen molar-refractivity contribution in [3.8, 4) is 0 Å². The molecule has 16 heavy (non-hydrogen) atoms. The lowest BCUT2D eigenvalue weighted by Crippen LogP contribution is -2.02. The van der Waals surface area contributed by atoms with Crippen molar-refractivity contribution in [2.24, 2.45) is 0 Å². The molecule has 0 amide bonds. The Labute approximate surface area is 90.5 Å². The van der Waals surface area contributed by atoms with Crippen LogP contribution in [0, 0.1) is 0 Å². The molecule has 0 fully saturated rings. The fraction of sp³-hybridized carbons (Fsp3) is 0.167. The predicted octanol–water partition coefficient (Wildman–Crippen LogP) is 3.89. The van der Waals surface area contributed by atoms with Gasteiger partial charge in [-0.3, -0.25) is 0 Å². The van der Waals surface area contributed by atoms with Gasteiger partial charge in [-0.15, -0.1) is 0 Å². The molecular weight excluding hydrogens is 217 g/mol. The van der Waals surface area contributed by atoms with Crippen LogP contribution in [0.1, 0.15) is 16.9 Å². The van der Waals surface area contributed by atoms with Crippen molar-refractivity contribution < 1.29 is 17.6 Å². The van der Waals surface area contributed by atoms with Crippen LogP contribution in [-0.4, -0.2) is 0 Å². The summed E-state index contributed by atoms with van der Waals surface area (Å²) in [6.07, 6.45) is -3.21. The van der Waals surface area contributed by atoms with Crippen LogP contribution >= 0.6 is 0 Å². The maximum absolute atomic E-state index is 12.3. The number of hydrogen-bond acceptors (Lipinski definition) is 1. The molecular formula is C12H9F3O. The van der Waals surface area contributed by atoms with Crippen molar-refractivity contribution in [3.05, 3.63) is 59.5 Å². The van der Waals surface area contributed by atoms with Gasteiger partial charge in [-0.1, -0.05) is 30.3 Å². The fourth-order valence-electron chi connectivity index (χ4n) is 1.42. The number of halogens is 3. The molecule has 0 saturated carbocycles. The first-order valence-corrected chi connectivity index (χ1v) is 4.74. The minimum Gasteiger partial charge on any atom is -0.468 e. The van der Waals surface area contributed by atoms with Crippen LogP contribution in [0.15, 0.2) is 47.1 Å². The quantitative estimate of drug-likeness (QED) is 0.757. The zero-order chi connectivity index (χ0) is 11.6. The van der Waals surface area contributed by atoms with Gasteiger partial charge in [-0.2, -0.15) is 13.2 Å². The summed E-state index contributed by atoms with van der Waals surface area (Å²) in [6, 6.07) is 10.2. The van der Waals surface area contributed by atoms with E-state index in [0.29, 0.717) is 12.2 Å². The first-order valence-electron chi connectivity index (χ1n) is 4.74. The Morgan fingerprint density at radius 2 is 1.75 bits per heavy atom. The van der Waals surface area contributed by atoms with Crippen LogP contribution in [0.3, 0.4) is 0 Å². The Kier molecular flexibility index (Phi) is 2.73. The molecule has 1 aromatic carbocycles. The molecule has 0 unspecified atom stereocenters. The molecule has 1 heterocycles. The van der Waals surface area contributed by atoms with Gasteiger partial charge in [0.05, 0.1) is 5.56 Å². The summed E-state index contributed by atoms with van der Waals surface area (Å²) in [4.78, 5) is 0. The van der Waals surface area contributed by atoms with Gasteiger partial charge < -0.3 is 4.42 Å². The Morgan fingerprint density at radius 3 is 2.31 bits per heavy atom. The third kappa shape index (κ3) is 2.45. The summed E-state index contributed by atoms with van der Waals surface area (Å²) in [5.41, 5.74) is 0.184. The molecule has 1 nitrogen and oxygen atoms in total. The summed E-state index contributed by atoms with van der Waals surface area (Å²) in [5.74, 6) is 0.318. The number of rotatable bonds is 2. The predicted molar refractivity (Wildman–Crippen MR) is 53.0 cm³/mol. The van der Waals surface area contributed by atoms with Crippen LogP contribution < -0.4 is 0 Å². The van der Waals surface area contributed by atoms with E-state index in [2.05, 4.69) is 0 Å². The lowest BCUT2D eigenvalue weighted by atomic mass is 10.1. The van der Waals surface area contributed by atoms with E-state index in [1.165, 1.54) is 0 Å². The Bertz CT molecular complexity index is 457. The van der Waals surface area contributed by atoms with Crippen molar-refractivity contribution >= 4 is 0 Å². The highest BCUT2D eigenvalue weighted by atomic mass is 19.4. The molecule has 0 radical (unpaired) electrons. The Balaban J connectivity index is 2.15. The average Bonchev–Trinajstić information content (AvgIpc) is 2.67. The number of furan rings is 1. The van der Waals surface area contributed by atoms with Gasteiger partial charge in [0, 0.05) is 6.42 Å². The molecule has 0 aliphatic rings. The van der Waals surface area contributed by atoms with Gasteiger partial charge >= 0.3 is 6.18 Å². The van der Waals surface area contributed by atoms with E-state index < -0.39 is 11.7 Å². The van der Waals surface area contributed by atoms with Gasteiger partial charge in [-0.25, -0.2) is 0 Å². The maximum atomic E-state index is 12.3. The summed E-state index contributed by atoms with van der Waals surface area (Å²) in [5, 5.41) is 0. The van der Waals surface area contributed by atoms with E-state index in [1.807, 2.05) is 30.3 Å². The molecule has 2 aromatic rings. The first kappa shape index (κ1) is 10.8. The van der Waals surface area contributed by atoms with E-state index in [4.69, 9.17) is 4.42 Å². The maximum Gasteiger partial charge on any atom is 0.419 e. The fourth-order valence-corrected chi connectivity index (χ4v) is 1.42. The number of hydrogen-bond donors (Lipinski definition) is 0. The van der Waals surface area contributed by atoms with Crippen molar-refractivity contribution in [1.82, 2.24) is 0 Å². The third-order valence-electron chi connectivity index (χ3n) is 2.20. The standard InChI is InChI=1S/C12H9F3O/c13-12(14,15)10-7-11(16-8-10)6-9-4-2-1-3-5-9/h1-5,7-8H,6H2. The second kappa shape index (κ2) is 4.04.